The molecule has 0 aliphatic carbocycles. The number of H-pyrrole nitrogens is 1. The van der Waals surface area contributed by atoms with E-state index in [1.54, 1.807) is 6.92 Å². The van der Waals surface area contributed by atoms with Crippen molar-refractivity contribution in [2.75, 3.05) is 0 Å². The maximum atomic E-state index is 13.0. The molecule has 6 heteroatoms. The summed E-state index contributed by atoms with van der Waals surface area (Å²) in [6.45, 7) is 2.81. The number of carbonyl (C=O) groups excluding carboxylic acids is 1. The maximum absolute atomic E-state index is 13.0. The van der Waals surface area contributed by atoms with Gasteiger partial charge in [0.15, 0.2) is 5.78 Å². The summed E-state index contributed by atoms with van der Waals surface area (Å²) < 4.78 is 13.9. The molecule has 0 saturated carbocycles. The quantitative estimate of drug-likeness (QED) is 0.826. The van der Waals surface area contributed by atoms with Crippen LogP contribution >= 0.6 is 0 Å². The highest BCUT2D eigenvalue weighted by atomic mass is 19.1. The fourth-order valence-corrected chi connectivity index (χ4v) is 1.81. The number of Topliss-reactive ketones (excluding diaryl/α,β-unsaturated/α-hetero) is 1. The van der Waals surface area contributed by atoms with E-state index in [2.05, 4.69) is 4.98 Å². The van der Waals surface area contributed by atoms with Crippen LogP contribution in [0.1, 0.15) is 22.8 Å². The molecular weight excluding hydrogens is 251 g/mol. The van der Waals surface area contributed by atoms with E-state index in [0.717, 1.165) is 16.8 Å². The van der Waals surface area contributed by atoms with Crippen LogP contribution in [0, 0.1) is 12.7 Å². The number of carbonyl (C=O) groups is 1. The Hall–Kier alpha value is -2.50. The Morgan fingerprint density at radius 2 is 2.00 bits per heavy atom. The first-order valence-electron chi connectivity index (χ1n) is 5.54. The second kappa shape index (κ2) is 4.64. The Kier molecular flexibility index (Phi) is 3.16. The van der Waals surface area contributed by atoms with E-state index in [0.29, 0.717) is 5.56 Å². The van der Waals surface area contributed by atoms with Crippen LogP contribution in [0.15, 0.2) is 34.0 Å². The first-order chi connectivity index (χ1) is 8.91. The molecule has 0 atom stereocenters. The van der Waals surface area contributed by atoms with E-state index in [1.165, 1.54) is 19.1 Å². The lowest BCUT2D eigenvalue weighted by atomic mass is 10.2. The van der Waals surface area contributed by atoms with Gasteiger partial charge in [-0.1, -0.05) is 0 Å². The number of hydrogen-bond acceptors (Lipinski definition) is 3. The summed E-state index contributed by atoms with van der Waals surface area (Å²) in [5.41, 5.74) is -0.844. The molecule has 1 aromatic heterocycles. The summed E-state index contributed by atoms with van der Waals surface area (Å²) in [5, 5.41) is 0. The van der Waals surface area contributed by atoms with E-state index < -0.39 is 22.8 Å². The van der Waals surface area contributed by atoms with Crippen molar-refractivity contribution < 1.29 is 9.18 Å². The van der Waals surface area contributed by atoms with Gasteiger partial charge in [0.05, 0.1) is 11.3 Å². The predicted octanol–water partition coefficient (Wildman–Crippen LogP) is 1.18. The van der Waals surface area contributed by atoms with E-state index in [9.17, 15) is 18.8 Å². The van der Waals surface area contributed by atoms with Crippen molar-refractivity contribution in [1.29, 1.82) is 0 Å². The molecule has 1 N–H and O–H groups in total. The lowest BCUT2D eigenvalue weighted by molar-refractivity contribution is 0.101. The van der Waals surface area contributed by atoms with Gasteiger partial charge in [-0.25, -0.2) is 13.8 Å². The number of benzene rings is 1. The summed E-state index contributed by atoms with van der Waals surface area (Å²) in [4.78, 5) is 37.5. The van der Waals surface area contributed by atoms with Gasteiger partial charge in [0.25, 0.3) is 5.56 Å². The largest absolute Gasteiger partial charge is 0.333 e. The van der Waals surface area contributed by atoms with Crippen LogP contribution in [-0.4, -0.2) is 15.3 Å². The zero-order chi connectivity index (χ0) is 14.2. The van der Waals surface area contributed by atoms with E-state index in [-0.39, 0.29) is 11.3 Å². The van der Waals surface area contributed by atoms with Crippen molar-refractivity contribution in [2.45, 2.75) is 13.8 Å². The summed E-state index contributed by atoms with van der Waals surface area (Å²) in [6, 6.07) is 3.68. The minimum absolute atomic E-state index is 0.122. The highest BCUT2D eigenvalue weighted by Gasteiger charge is 2.14. The fraction of sp³-hybridized carbons (Fsp3) is 0.154. The standard InChI is InChI=1S/C13H11FN2O3/c1-7-5-9(14)3-4-11(7)16-12(18)10(8(2)17)6-15-13(16)19/h3-6H,1-2H3,(H,15,19). The van der Waals surface area contributed by atoms with Crippen LogP contribution in [0.25, 0.3) is 5.69 Å². The number of hydrogen-bond donors (Lipinski definition) is 1. The van der Waals surface area contributed by atoms with Gasteiger partial charge in [-0.2, -0.15) is 0 Å². The normalized spacial score (nSPS) is 10.5. The first kappa shape index (κ1) is 12.9. The second-order valence-corrected chi connectivity index (χ2v) is 4.14. The van der Waals surface area contributed by atoms with Crippen LogP contribution in [-0.2, 0) is 0 Å². The molecule has 0 bridgehead atoms. The average Bonchev–Trinajstić information content (AvgIpc) is 2.31. The van der Waals surface area contributed by atoms with Gasteiger partial charge in [-0.05, 0) is 37.6 Å². The van der Waals surface area contributed by atoms with Crippen LogP contribution in [0.4, 0.5) is 4.39 Å². The molecule has 2 aromatic rings. The Bertz CT molecular complexity index is 774. The highest BCUT2D eigenvalue weighted by molar-refractivity contribution is 5.93. The van der Waals surface area contributed by atoms with Crippen LogP contribution in [0.2, 0.25) is 0 Å². The summed E-state index contributed by atoms with van der Waals surface area (Å²) in [7, 11) is 0. The summed E-state index contributed by atoms with van der Waals surface area (Å²) in [5.74, 6) is -0.914. The predicted molar refractivity (Wildman–Crippen MR) is 67.4 cm³/mol. The molecule has 0 aliphatic heterocycles. The molecule has 0 fully saturated rings. The molecule has 0 aliphatic rings. The smallest absolute Gasteiger partial charge is 0.313 e. The van der Waals surface area contributed by atoms with Crippen molar-refractivity contribution >= 4 is 5.78 Å². The maximum Gasteiger partial charge on any atom is 0.333 e. The molecule has 0 amide bonds. The number of nitrogens with zero attached hydrogens (tertiary/aromatic N) is 1. The number of nitrogens with one attached hydrogen (secondary N) is 1. The molecule has 0 spiro atoms. The lowest BCUT2D eigenvalue weighted by Crippen LogP contribution is -2.36. The van der Waals surface area contributed by atoms with Gasteiger partial charge in [-0.15, -0.1) is 0 Å². The molecule has 98 valence electrons. The van der Waals surface area contributed by atoms with Gasteiger partial charge >= 0.3 is 5.69 Å². The molecule has 1 heterocycles. The molecule has 0 radical (unpaired) electrons. The zero-order valence-electron chi connectivity index (χ0n) is 10.4. The molecule has 5 nitrogen and oxygen atoms in total. The zero-order valence-corrected chi connectivity index (χ0v) is 10.4. The molecule has 0 saturated heterocycles. The topological polar surface area (TPSA) is 71.9 Å². The van der Waals surface area contributed by atoms with Crippen molar-refractivity contribution in [3.05, 3.63) is 62.2 Å². The number of aromatic nitrogens is 2. The van der Waals surface area contributed by atoms with Gasteiger partial charge < -0.3 is 4.98 Å². The minimum atomic E-state index is -0.717. The van der Waals surface area contributed by atoms with Crippen LogP contribution < -0.4 is 11.2 Å². The Balaban J connectivity index is 2.82. The van der Waals surface area contributed by atoms with Gasteiger partial charge in [0.2, 0.25) is 0 Å². The number of halogens is 1. The molecule has 2 rings (SSSR count). The van der Waals surface area contributed by atoms with Crippen LogP contribution in [0.5, 0.6) is 0 Å². The number of aryl methyl sites for hydroxylation is 1. The number of rotatable bonds is 2. The van der Waals surface area contributed by atoms with Gasteiger partial charge in [0.1, 0.15) is 5.82 Å². The Labute approximate surface area is 107 Å². The third-order valence-electron chi connectivity index (χ3n) is 2.76. The van der Waals surface area contributed by atoms with Crippen molar-refractivity contribution in [1.82, 2.24) is 9.55 Å². The third-order valence-corrected chi connectivity index (χ3v) is 2.76. The minimum Gasteiger partial charge on any atom is -0.313 e. The summed E-state index contributed by atoms with van der Waals surface area (Å²) in [6.07, 6.45) is 1.09. The first-order valence-corrected chi connectivity index (χ1v) is 5.54. The van der Waals surface area contributed by atoms with E-state index in [4.69, 9.17) is 0 Å². The van der Waals surface area contributed by atoms with Crippen molar-refractivity contribution in [3.63, 3.8) is 0 Å². The Morgan fingerprint density at radius 3 is 2.58 bits per heavy atom. The van der Waals surface area contributed by atoms with E-state index in [1.807, 2.05) is 0 Å². The third kappa shape index (κ3) is 2.24. The number of ketones is 1. The van der Waals surface area contributed by atoms with E-state index >= 15 is 0 Å². The fourth-order valence-electron chi connectivity index (χ4n) is 1.81. The number of aromatic amines is 1. The second-order valence-electron chi connectivity index (χ2n) is 4.14. The highest BCUT2D eigenvalue weighted by Crippen LogP contribution is 2.12. The van der Waals surface area contributed by atoms with Crippen molar-refractivity contribution in [3.8, 4) is 5.69 Å². The summed E-state index contributed by atoms with van der Waals surface area (Å²) >= 11 is 0. The van der Waals surface area contributed by atoms with Crippen molar-refractivity contribution in [2.24, 2.45) is 0 Å². The lowest BCUT2D eigenvalue weighted by Gasteiger charge is -2.08. The van der Waals surface area contributed by atoms with Gasteiger partial charge in [-0.3, -0.25) is 9.59 Å². The SMILES string of the molecule is CC(=O)c1c[nH]c(=O)n(-c2ccc(F)cc2C)c1=O. The molecule has 0 unspecified atom stereocenters. The molecular formula is C13H11FN2O3. The Morgan fingerprint density at radius 1 is 1.32 bits per heavy atom. The molecule has 19 heavy (non-hydrogen) atoms. The van der Waals surface area contributed by atoms with Crippen LogP contribution in [0.3, 0.4) is 0 Å². The monoisotopic (exact) mass is 262 g/mol. The molecule has 1 aromatic carbocycles. The average molecular weight is 262 g/mol. The van der Waals surface area contributed by atoms with Gasteiger partial charge in [0, 0.05) is 6.20 Å².